The minimum Gasteiger partial charge on any atom is -0.352 e. The molecule has 1 aliphatic carbocycles. The van der Waals surface area contributed by atoms with E-state index in [4.69, 9.17) is 0 Å². The molecule has 2 aliphatic rings. The Bertz CT molecular complexity index is 650. The smallest absolute Gasteiger partial charge is 0.242 e. The Kier molecular flexibility index (Phi) is 2.54. The van der Waals surface area contributed by atoms with Crippen molar-refractivity contribution in [2.75, 3.05) is 11.4 Å². The first-order valence-corrected chi connectivity index (χ1v) is 6.94. The van der Waals surface area contributed by atoms with Gasteiger partial charge < -0.3 is 10.2 Å². The lowest BCUT2D eigenvalue weighted by Gasteiger charge is -2.24. The second-order valence-electron chi connectivity index (χ2n) is 5.35. The van der Waals surface area contributed by atoms with E-state index in [1.165, 1.54) is 4.63 Å². The van der Waals surface area contributed by atoms with E-state index in [0.29, 0.717) is 11.7 Å². The van der Waals surface area contributed by atoms with Crippen molar-refractivity contribution in [2.24, 2.45) is 0 Å². The number of carbonyl (C=O) groups excluding carboxylic acids is 1. The molecule has 2 aromatic heterocycles. The quantitative estimate of drug-likeness (QED) is 0.831. The second kappa shape index (κ2) is 4.39. The van der Waals surface area contributed by atoms with Crippen molar-refractivity contribution in [1.82, 2.24) is 30.6 Å². The molecule has 0 bridgehead atoms. The number of carbonyl (C=O) groups is 1. The third-order valence-corrected chi connectivity index (χ3v) is 3.83. The zero-order chi connectivity index (χ0) is 13.5. The number of aromatic nitrogens is 5. The lowest BCUT2D eigenvalue weighted by Crippen LogP contribution is -2.44. The summed E-state index contributed by atoms with van der Waals surface area (Å²) in [4.78, 5) is 14.3. The predicted molar refractivity (Wildman–Crippen MR) is 70.1 cm³/mol. The lowest BCUT2D eigenvalue weighted by atomic mass is 10.2. The van der Waals surface area contributed by atoms with Crippen LogP contribution >= 0.6 is 0 Å². The van der Waals surface area contributed by atoms with E-state index < -0.39 is 0 Å². The molecule has 0 aromatic carbocycles. The number of hydrogen-bond donors (Lipinski definition) is 1. The van der Waals surface area contributed by atoms with Crippen LogP contribution in [0.15, 0.2) is 12.1 Å². The van der Waals surface area contributed by atoms with Crippen LogP contribution in [0.2, 0.25) is 0 Å². The first kappa shape index (κ1) is 11.6. The maximum absolute atomic E-state index is 12.3. The summed E-state index contributed by atoms with van der Waals surface area (Å²) in [6.45, 7) is 0.837. The molecule has 1 aliphatic heterocycles. The summed E-state index contributed by atoms with van der Waals surface area (Å²) < 4.78 is 1.39. The lowest BCUT2D eigenvalue weighted by molar-refractivity contribution is -0.122. The van der Waals surface area contributed by atoms with Crippen molar-refractivity contribution in [3.05, 3.63) is 12.1 Å². The first-order valence-electron chi connectivity index (χ1n) is 6.94. The monoisotopic (exact) mass is 273 g/mol. The SMILES string of the molecule is O=C(NC1CC1)[C@@H]1CCCN1c1ccc2nnnn2n1. The van der Waals surface area contributed by atoms with Gasteiger partial charge in [-0.15, -0.1) is 14.8 Å². The van der Waals surface area contributed by atoms with Crippen molar-refractivity contribution in [2.45, 2.75) is 37.8 Å². The molecular formula is C12H15N7O. The fourth-order valence-electron chi connectivity index (χ4n) is 2.63. The van der Waals surface area contributed by atoms with Crippen molar-refractivity contribution in [3.8, 4) is 0 Å². The van der Waals surface area contributed by atoms with E-state index >= 15 is 0 Å². The van der Waals surface area contributed by atoms with Crippen LogP contribution in [-0.4, -0.2) is 49.8 Å². The molecule has 1 N–H and O–H groups in total. The van der Waals surface area contributed by atoms with Gasteiger partial charge in [0.1, 0.15) is 6.04 Å². The molecule has 0 spiro atoms. The molecule has 2 aromatic rings. The van der Waals surface area contributed by atoms with Gasteiger partial charge in [-0.3, -0.25) is 4.79 Å². The molecule has 2 fully saturated rings. The Labute approximate surface area is 115 Å². The molecule has 1 saturated heterocycles. The topological polar surface area (TPSA) is 88.3 Å². The maximum atomic E-state index is 12.3. The van der Waals surface area contributed by atoms with Gasteiger partial charge in [0.05, 0.1) is 0 Å². The Hall–Kier alpha value is -2.25. The minimum atomic E-state index is -0.128. The average Bonchev–Trinajstić information content (AvgIpc) is 2.97. The van der Waals surface area contributed by atoms with E-state index in [1.807, 2.05) is 17.0 Å². The molecule has 20 heavy (non-hydrogen) atoms. The van der Waals surface area contributed by atoms with Gasteiger partial charge in [0, 0.05) is 12.6 Å². The number of nitrogens with one attached hydrogen (secondary N) is 1. The van der Waals surface area contributed by atoms with Gasteiger partial charge in [-0.25, -0.2) is 0 Å². The van der Waals surface area contributed by atoms with Gasteiger partial charge in [0.15, 0.2) is 11.5 Å². The molecule has 8 nitrogen and oxygen atoms in total. The van der Waals surface area contributed by atoms with Crippen LogP contribution in [0.5, 0.6) is 0 Å². The zero-order valence-corrected chi connectivity index (χ0v) is 10.9. The summed E-state index contributed by atoms with van der Waals surface area (Å²) in [7, 11) is 0. The Morgan fingerprint density at radius 2 is 2.20 bits per heavy atom. The average molecular weight is 273 g/mol. The van der Waals surface area contributed by atoms with Gasteiger partial charge in [-0.1, -0.05) is 0 Å². The fourth-order valence-corrected chi connectivity index (χ4v) is 2.63. The number of amides is 1. The van der Waals surface area contributed by atoms with Gasteiger partial charge in [-0.2, -0.15) is 0 Å². The third kappa shape index (κ3) is 1.97. The molecule has 1 saturated carbocycles. The molecule has 1 atom stereocenters. The van der Waals surface area contributed by atoms with E-state index in [9.17, 15) is 4.79 Å². The van der Waals surface area contributed by atoms with Crippen molar-refractivity contribution in [3.63, 3.8) is 0 Å². The maximum Gasteiger partial charge on any atom is 0.242 e. The van der Waals surface area contributed by atoms with E-state index in [0.717, 1.165) is 38.0 Å². The van der Waals surface area contributed by atoms with Crippen LogP contribution < -0.4 is 10.2 Å². The van der Waals surface area contributed by atoms with Crippen molar-refractivity contribution < 1.29 is 4.79 Å². The first-order chi connectivity index (χ1) is 9.81. The normalized spacial score (nSPS) is 22.4. The summed E-state index contributed by atoms with van der Waals surface area (Å²) >= 11 is 0. The van der Waals surface area contributed by atoms with Crippen molar-refractivity contribution in [1.29, 1.82) is 0 Å². The van der Waals surface area contributed by atoms with Gasteiger partial charge in [-0.05, 0) is 48.2 Å². The molecule has 8 heteroatoms. The summed E-state index contributed by atoms with van der Waals surface area (Å²) in [5.41, 5.74) is 0.604. The predicted octanol–water partition coefficient (Wildman–Crippen LogP) is -0.233. The van der Waals surface area contributed by atoms with Gasteiger partial charge in [0.25, 0.3) is 0 Å². The highest BCUT2D eigenvalue weighted by Gasteiger charge is 2.34. The Morgan fingerprint density at radius 3 is 3.05 bits per heavy atom. The van der Waals surface area contributed by atoms with Crippen molar-refractivity contribution >= 4 is 17.4 Å². The Morgan fingerprint density at radius 1 is 1.30 bits per heavy atom. The summed E-state index contributed by atoms with van der Waals surface area (Å²) in [5, 5.41) is 18.6. The fraction of sp³-hybridized carbons (Fsp3) is 0.583. The molecule has 1 amide bonds. The van der Waals surface area contributed by atoms with Gasteiger partial charge in [0.2, 0.25) is 5.91 Å². The minimum absolute atomic E-state index is 0.114. The van der Waals surface area contributed by atoms with Crippen LogP contribution in [0.25, 0.3) is 5.65 Å². The second-order valence-corrected chi connectivity index (χ2v) is 5.35. The highest BCUT2D eigenvalue weighted by atomic mass is 16.2. The number of rotatable bonds is 3. The van der Waals surface area contributed by atoms with E-state index in [1.54, 1.807) is 0 Å². The number of fused-ring (bicyclic) bond motifs is 1. The third-order valence-electron chi connectivity index (χ3n) is 3.83. The van der Waals surface area contributed by atoms with Crippen LogP contribution in [-0.2, 0) is 4.79 Å². The van der Waals surface area contributed by atoms with Gasteiger partial charge >= 0.3 is 0 Å². The standard InChI is InChI=1S/C12H15N7O/c20-12(13-8-3-4-8)9-2-1-7-18(9)11-6-5-10-14-16-17-19(10)15-11/h5-6,8-9H,1-4,7H2,(H,13,20)/t9-/m0/s1. The molecule has 104 valence electrons. The number of tetrazole rings is 1. The summed E-state index contributed by atoms with van der Waals surface area (Å²) in [6.07, 6.45) is 4.08. The van der Waals surface area contributed by atoms with Crippen LogP contribution in [0.4, 0.5) is 5.82 Å². The highest BCUT2D eigenvalue weighted by molar-refractivity contribution is 5.86. The molecule has 0 radical (unpaired) electrons. The number of hydrogen-bond acceptors (Lipinski definition) is 6. The van der Waals surface area contributed by atoms with E-state index in [-0.39, 0.29) is 11.9 Å². The summed E-state index contributed by atoms with van der Waals surface area (Å²) in [6, 6.07) is 3.95. The molecule has 0 unspecified atom stereocenters. The largest absolute Gasteiger partial charge is 0.352 e. The molecular weight excluding hydrogens is 258 g/mol. The van der Waals surface area contributed by atoms with E-state index in [2.05, 4.69) is 25.9 Å². The Balaban J connectivity index is 1.59. The van der Waals surface area contributed by atoms with Crippen LogP contribution in [0.3, 0.4) is 0 Å². The number of nitrogens with zero attached hydrogens (tertiary/aromatic N) is 6. The zero-order valence-electron chi connectivity index (χ0n) is 10.9. The highest BCUT2D eigenvalue weighted by Crippen LogP contribution is 2.25. The van der Waals surface area contributed by atoms with Crippen LogP contribution in [0.1, 0.15) is 25.7 Å². The molecule has 4 rings (SSSR count). The van der Waals surface area contributed by atoms with Crippen LogP contribution in [0, 0.1) is 0 Å². The molecule has 3 heterocycles. The summed E-state index contributed by atoms with van der Waals surface area (Å²) in [5.74, 6) is 0.863. The number of anilines is 1.